The molecule has 4 heterocycles. The highest BCUT2D eigenvalue weighted by atomic mass is 14.9. The quantitative estimate of drug-likeness (QED) is 0.275. The number of pyridine rings is 3. The molecule has 0 saturated heterocycles. The van der Waals surface area contributed by atoms with Crippen molar-refractivity contribution in [3.63, 3.8) is 0 Å². The zero-order valence-electron chi connectivity index (χ0n) is 19.4. The lowest BCUT2D eigenvalue weighted by Crippen LogP contribution is -1.96. The molecule has 5 heteroatoms. The van der Waals surface area contributed by atoms with Crippen LogP contribution in [0.2, 0.25) is 0 Å². The topological polar surface area (TPSA) is 64.5 Å². The van der Waals surface area contributed by atoms with E-state index in [2.05, 4.69) is 63.5 Å². The Kier molecular flexibility index (Phi) is 5.78. The average molecular weight is 464 g/mol. The van der Waals surface area contributed by atoms with Gasteiger partial charge in [-0.05, 0) is 64.7 Å². The van der Waals surface area contributed by atoms with E-state index in [1.165, 1.54) is 0 Å². The maximum absolute atomic E-state index is 4.91. The van der Waals surface area contributed by atoms with Crippen LogP contribution >= 0.6 is 0 Å². The molecule has 0 aliphatic carbocycles. The zero-order chi connectivity index (χ0) is 24.2. The first-order valence-corrected chi connectivity index (χ1v) is 11.6. The summed E-state index contributed by atoms with van der Waals surface area (Å²) in [5, 5.41) is 0. The van der Waals surface area contributed by atoms with E-state index in [0.717, 1.165) is 50.3 Å². The van der Waals surface area contributed by atoms with Gasteiger partial charge >= 0.3 is 0 Å². The Morgan fingerprint density at radius 3 is 1.00 bits per heavy atom. The summed E-state index contributed by atoms with van der Waals surface area (Å²) in [5.74, 6) is 0.668. The molecule has 170 valence electrons. The molecule has 0 aliphatic rings. The Morgan fingerprint density at radius 1 is 0.306 bits per heavy atom. The minimum atomic E-state index is 0.668. The fraction of sp³-hybridized carbons (Fsp3) is 0. The highest BCUT2D eigenvalue weighted by Gasteiger charge is 2.11. The molecule has 0 unspecified atom stereocenters. The molecule has 0 atom stereocenters. The van der Waals surface area contributed by atoms with Crippen LogP contribution in [0.4, 0.5) is 0 Å². The van der Waals surface area contributed by atoms with Crippen LogP contribution in [0.5, 0.6) is 0 Å². The number of rotatable bonds is 5. The second-order valence-electron chi connectivity index (χ2n) is 8.32. The third kappa shape index (κ3) is 4.50. The summed E-state index contributed by atoms with van der Waals surface area (Å²) in [4.78, 5) is 22.2. The van der Waals surface area contributed by atoms with Gasteiger partial charge in [0.15, 0.2) is 5.82 Å². The SMILES string of the molecule is c1cc(-c2ccc(-c3cc(-c4ccc(-c5ccncc5)cc4)nc(-c4ccncc4)n3)cc2)ccn1. The zero-order valence-corrected chi connectivity index (χ0v) is 19.4. The number of hydrogen-bond acceptors (Lipinski definition) is 5. The molecule has 0 amide bonds. The number of aromatic nitrogens is 5. The van der Waals surface area contributed by atoms with Crippen molar-refractivity contribution < 1.29 is 0 Å². The molecular formula is C31H21N5. The molecule has 36 heavy (non-hydrogen) atoms. The van der Waals surface area contributed by atoms with E-state index in [4.69, 9.17) is 9.97 Å². The van der Waals surface area contributed by atoms with Crippen LogP contribution in [0.1, 0.15) is 0 Å². The third-order valence-electron chi connectivity index (χ3n) is 6.05. The maximum atomic E-state index is 4.91. The van der Waals surface area contributed by atoms with Crippen LogP contribution in [0.3, 0.4) is 0 Å². The average Bonchev–Trinajstić information content (AvgIpc) is 2.98. The Balaban J connectivity index is 1.41. The van der Waals surface area contributed by atoms with Crippen LogP contribution in [0, 0.1) is 0 Å². The third-order valence-corrected chi connectivity index (χ3v) is 6.05. The molecule has 0 spiro atoms. The highest BCUT2D eigenvalue weighted by molar-refractivity contribution is 5.75. The van der Waals surface area contributed by atoms with E-state index in [0.29, 0.717) is 5.82 Å². The van der Waals surface area contributed by atoms with Crippen LogP contribution in [-0.2, 0) is 0 Å². The lowest BCUT2D eigenvalue weighted by molar-refractivity contribution is 1.18. The van der Waals surface area contributed by atoms with E-state index in [-0.39, 0.29) is 0 Å². The van der Waals surface area contributed by atoms with Crippen LogP contribution in [0.15, 0.2) is 128 Å². The smallest absolute Gasteiger partial charge is 0.160 e. The van der Waals surface area contributed by atoms with Gasteiger partial charge in [-0.2, -0.15) is 0 Å². The van der Waals surface area contributed by atoms with Crippen molar-refractivity contribution in [1.82, 2.24) is 24.9 Å². The molecule has 0 aliphatic heterocycles. The molecule has 0 N–H and O–H groups in total. The van der Waals surface area contributed by atoms with E-state index in [1.807, 2.05) is 42.5 Å². The summed E-state index contributed by atoms with van der Waals surface area (Å²) in [5.41, 5.74) is 9.25. The molecule has 0 radical (unpaired) electrons. The molecule has 4 aromatic heterocycles. The van der Waals surface area contributed by atoms with Crippen molar-refractivity contribution in [2.24, 2.45) is 0 Å². The predicted molar refractivity (Wildman–Crippen MR) is 143 cm³/mol. The lowest BCUT2D eigenvalue weighted by Gasteiger charge is -2.10. The van der Waals surface area contributed by atoms with Crippen molar-refractivity contribution >= 4 is 0 Å². The maximum Gasteiger partial charge on any atom is 0.160 e. The molecule has 0 saturated carbocycles. The first-order chi connectivity index (χ1) is 17.8. The second kappa shape index (κ2) is 9.68. The standard InChI is InChI=1S/C31H21N5/c1-5-26(6-2-22(1)24-9-15-32-16-10-24)29-21-30(36-31(35-29)28-13-19-34-20-14-28)27-7-3-23(4-8-27)25-11-17-33-18-12-25/h1-21H. The van der Waals surface area contributed by atoms with Crippen LogP contribution < -0.4 is 0 Å². The summed E-state index contributed by atoms with van der Waals surface area (Å²) >= 11 is 0. The fourth-order valence-corrected chi connectivity index (χ4v) is 4.13. The predicted octanol–water partition coefficient (Wildman–Crippen LogP) is 7.00. The Bertz CT molecular complexity index is 1480. The molecule has 0 fully saturated rings. The summed E-state index contributed by atoms with van der Waals surface area (Å²) in [6.45, 7) is 0. The Morgan fingerprint density at radius 2 is 0.611 bits per heavy atom. The van der Waals surface area contributed by atoms with Crippen molar-refractivity contribution in [1.29, 1.82) is 0 Å². The monoisotopic (exact) mass is 463 g/mol. The van der Waals surface area contributed by atoms with Crippen molar-refractivity contribution in [3.05, 3.63) is 128 Å². The van der Waals surface area contributed by atoms with Gasteiger partial charge in [0, 0.05) is 53.9 Å². The van der Waals surface area contributed by atoms with Gasteiger partial charge in [-0.3, -0.25) is 15.0 Å². The van der Waals surface area contributed by atoms with E-state index in [9.17, 15) is 0 Å². The molecular weight excluding hydrogens is 442 g/mol. The van der Waals surface area contributed by atoms with E-state index < -0.39 is 0 Å². The van der Waals surface area contributed by atoms with Gasteiger partial charge in [0.05, 0.1) is 11.4 Å². The Labute approximate surface area is 209 Å². The minimum absolute atomic E-state index is 0.668. The van der Waals surface area contributed by atoms with Gasteiger partial charge in [0.1, 0.15) is 0 Å². The molecule has 5 nitrogen and oxygen atoms in total. The highest BCUT2D eigenvalue weighted by Crippen LogP contribution is 2.30. The Hall–Kier alpha value is -5.03. The first-order valence-electron chi connectivity index (χ1n) is 11.6. The number of benzene rings is 2. The summed E-state index contributed by atoms with van der Waals surface area (Å²) in [6.07, 6.45) is 10.7. The normalized spacial score (nSPS) is 10.8. The molecule has 0 bridgehead atoms. The summed E-state index contributed by atoms with van der Waals surface area (Å²) < 4.78 is 0. The van der Waals surface area contributed by atoms with Gasteiger partial charge in [-0.25, -0.2) is 9.97 Å². The van der Waals surface area contributed by atoms with Gasteiger partial charge in [-0.15, -0.1) is 0 Å². The van der Waals surface area contributed by atoms with Crippen molar-refractivity contribution in [2.45, 2.75) is 0 Å². The summed E-state index contributed by atoms with van der Waals surface area (Å²) in [7, 11) is 0. The molecule has 2 aromatic carbocycles. The summed E-state index contributed by atoms with van der Waals surface area (Å²) in [6, 6.07) is 30.8. The van der Waals surface area contributed by atoms with Gasteiger partial charge in [0.25, 0.3) is 0 Å². The largest absolute Gasteiger partial charge is 0.265 e. The lowest BCUT2D eigenvalue weighted by atomic mass is 10.0. The fourth-order valence-electron chi connectivity index (χ4n) is 4.13. The molecule has 6 rings (SSSR count). The number of hydrogen-bond donors (Lipinski definition) is 0. The number of nitrogens with zero attached hydrogens (tertiary/aromatic N) is 5. The van der Waals surface area contributed by atoms with Gasteiger partial charge in [0.2, 0.25) is 0 Å². The van der Waals surface area contributed by atoms with Crippen LogP contribution in [-0.4, -0.2) is 24.9 Å². The van der Waals surface area contributed by atoms with Gasteiger partial charge in [-0.1, -0.05) is 48.5 Å². The van der Waals surface area contributed by atoms with Crippen molar-refractivity contribution in [3.8, 4) is 56.2 Å². The van der Waals surface area contributed by atoms with Crippen LogP contribution in [0.25, 0.3) is 56.2 Å². The van der Waals surface area contributed by atoms with Crippen molar-refractivity contribution in [2.75, 3.05) is 0 Å². The minimum Gasteiger partial charge on any atom is -0.265 e. The first kappa shape index (κ1) is 21.5. The van der Waals surface area contributed by atoms with Gasteiger partial charge < -0.3 is 0 Å². The molecule has 6 aromatic rings. The van der Waals surface area contributed by atoms with E-state index >= 15 is 0 Å². The van der Waals surface area contributed by atoms with E-state index in [1.54, 1.807) is 37.2 Å². The second-order valence-corrected chi connectivity index (χ2v) is 8.32.